The average molecular weight is 274 g/mol. The molecule has 0 fully saturated rings. The van der Waals surface area contributed by atoms with E-state index in [-0.39, 0.29) is 24.5 Å². The summed E-state index contributed by atoms with van der Waals surface area (Å²) in [6.07, 6.45) is 2.25. The summed E-state index contributed by atoms with van der Waals surface area (Å²) in [6.45, 7) is 5.96. The van der Waals surface area contributed by atoms with Crippen molar-refractivity contribution in [2.24, 2.45) is 5.92 Å². The van der Waals surface area contributed by atoms with Gasteiger partial charge < -0.3 is 15.4 Å². The first-order valence-electron chi connectivity index (χ1n) is 6.98. The van der Waals surface area contributed by atoms with E-state index in [9.17, 15) is 4.79 Å². The lowest BCUT2D eigenvalue weighted by atomic mass is 10.0. The number of aryl methyl sites for hydroxylation is 1. The summed E-state index contributed by atoms with van der Waals surface area (Å²) < 4.78 is 0. The van der Waals surface area contributed by atoms with Gasteiger partial charge in [-0.1, -0.05) is 25.1 Å². The van der Waals surface area contributed by atoms with Crippen molar-refractivity contribution in [3.8, 4) is 0 Å². The Bertz CT molecular complexity index is 604. The number of aliphatic hydroxyl groups is 1. The number of fused-ring (bicyclic) bond motifs is 1. The zero-order chi connectivity index (χ0) is 14.7. The summed E-state index contributed by atoms with van der Waals surface area (Å²) in [6, 6.07) is 6.05. The van der Waals surface area contributed by atoms with Crippen molar-refractivity contribution in [2.75, 3.05) is 6.61 Å². The summed E-state index contributed by atoms with van der Waals surface area (Å²) in [5, 5.41) is 13.1. The van der Waals surface area contributed by atoms with Crippen LogP contribution in [0, 0.1) is 12.8 Å². The smallest absolute Gasteiger partial charge is 0.224 e. The normalized spacial score (nSPS) is 14.2. The van der Waals surface area contributed by atoms with Crippen molar-refractivity contribution in [1.82, 2.24) is 10.3 Å². The van der Waals surface area contributed by atoms with Crippen LogP contribution in [0.1, 0.15) is 25.0 Å². The molecule has 0 spiro atoms. The molecule has 20 heavy (non-hydrogen) atoms. The Hall–Kier alpha value is -1.81. The summed E-state index contributed by atoms with van der Waals surface area (Å²) in [7, 11) is 0. The molecule has 0 aliphatic carbocycles. The van der Waals surface area contributed by atoms with Crippen molar-refractivity contribution in [1.29, 1.82) is 0 Å². The molecule has 4 heteroatoms. The number of hydrogen-bond acceptors (Lipinski definition) is 2. The third-order valence-corrected chi connectivity index (χ3v) is 3.89. The molecule has 4 nitrogen and oxygen atoms in total. The number of H-pyrrole nitrogens is 1. The second-order valence-electron chi connectivity index (χ2n) is 5.50. The first-order chi connectivity index (χ1) is 9.52. The minimum atomic E-state index is -0.0283. The topological polar surface area (TPSA) is 65.1 Å². The highest BCUT2D eigenvalue weighted by molar-refractivity contribution is 5.90. The monoisotopic (exact) mass is 274 g/mol. The van der Waals surface area contributed by atoms with Gasteiger partial charge >= 0.3 is 0 Å². The molecule has 2 atom stereocenters. The quantitative estimate of drug-likeness (QED) is 0.782. The van der Waals surface area contributed by atoms with E-state index in [2.05, 4.69) is 10.3 Å². The molecule has 0 saturated carbocycles. The number of carbonyl (C=O) groups is 1. The largest absolute Gasteiger partial charge is 0.396 e. The Labute approximate surface area is 119 Å². The van der Waals surface area contributed by atoms with E-state index in [0.717, 1.165) is 16.5 Å². The fourth-order valence-corrected chi connectivity index (χ4v) is 2.29. The molecular formula is C16H22N2O2. The molecule has 1 aromatic carbocycles. The summed E-state index contributed by atoms with van der Waals surface area (Å²) >= 11 is 0. The van der Waals surface area contributed by atoms with Gasteiger partial charge in [0.25, 0.3) is 0 Å². The van der Waals surface area contributed by atoms with E-state index in [4.69, 9.17) is 5.11 Å². The van der Waals surface area contributed by atoms with E-state index in [0.29, 0.717) is 6.42 Å². The fraction of sp³-hybridized carbons (Fsp3) is 0.438. The van der Waals surface area contributed by atoms with Gasteiger partial charge in [0.05, 0.1) is 6.42 Å². The van der Waals surface area contributed by atoms with Crippen molar-refractivity contribution in [2.45, 2.75) is 33.2 Å². The molecule has 1 aromatic heterocycles. The molecule has 2 rings (SSSR count). The third kappa shape index (κ3) is 3.02. The van der Waals surface area contributed by atoms with Crippen LogP contribution in [0.15, 0.2) is 24.4 Å². The van der Waals surface area contributed by atoms with Gasteiger partial charge in [-0.05, 0) is 30.9 Å². The first kappa shape index (κ1) is 14.6. The van der Waals surface area contributed by atoms with Gasteiger partial charge in [0.2, 0.25) is 5.91 Å². The molecule has 0 saturated heterocycles. The lowest BCUT2D eigenvalue weighted by Crippen LogP contribution is -2.39. The summed E-state index contributed by atoms with van der Waals surface area (Å²) in [5.41, 5.74) is 3.27. The second kappa shape index (κ2) is 6.09. The van der Waals surface area contributed by atoms with Crippen LogP contribution >= 0.6 is 0 Å². The molecule has 2 unspecified atom stereocenters. The minimum Gasteiger partial charge on any atom is -0.396 e. The molecule has 1 amide bonds. The maximum absolute atomic E-state index is 12.1. The van der Waals surface area contributed by atoms with Gasteiger partial charge in [0, 0.05) is 29.7 Å². The third-order valence-electron chi connectivity index (χ3n) is 3.89. The zero-order valence-electron chi connectivity index (χ0n) is 12.2. The van der Waals surface area contributed by atoms with Crippen LogP contribution in [0.4, 0.5) is 0 Å². The Balaban J connectivity index is 2.09. The van der Waals surface area contributed by atoms with Crippen LogP contribution in [0.2, 0.25) is 0 Å². The van der Waals surface area contributed by atoms with Gasteiger partial charge in [-0.25, -0.2) is 0 Å². The fourth-order valence-electron chi connectivity index (χ4n) is 2.29. The van der Waals surface area contributed by atoms with Crippen LogP contribution in [-0.4, -0.2) is 28.6 Å². The van der Waals surface area contributed by atoms with E-state index >= 15 is 0 Å². The maximum Gasteiger partial charge on any atom is 0.224 e. The molecule has 3 N–H and O–H groups in total. The highest BCUT2D eigenvalue weighted by Crippen LogP contribution is 2.21. The Morgan fingerprint density at radius 2 is 2.15 bits per heavy atom. The Morgan fingerprint density at radius 3 is 2.85 bits per heavy atom. The molecule has 0 bridgehead atoms. The van der Waals surface area contributed by atoms with E-state index in [1.807, 2.05) is 45.2 Å². The number of aliphatic hydroxyl groups excluding tert-OH is 1. The number of hydrogen-bond donors (Lipinski definition) is 3. The highest BCUT2D eigenvalue weighted by atomic mass is 16.3. The Kier molecular flexibility index (Phi) is 4.45. The van der Waals surface area contributed by atoms with Gasteiger partial charge in [-0.3, -0.25) is 4.79 Å². The van der Waals surface area contributed by atoms with E-state index in [1.165, 1.54) is 5.56 Å². The van der Waals surface area contributed by atoms with E-state index < -0.39 is 0 Å². The molecule has 0 aliphatic heterocycles. The predicted octanol–water partition coefficient (Wildman–Crippen LogP) is 2.15. The number of para-hydroxylation sites is 1. The van der Waals surface area contributed by atoms with Crippen molar-refractivity contribution >= 4 is 16.8 Å². The zero-order valence-corrected chi connectivity index (χ0v) is 12.2. The van der Waals surface area contributed by atoms with Crippen LogP contribution in [0.5, 0.6) is 0 Å². The van der Waals surface area contributed by atoms with Crippen LogP contribution in [0.3, 0.4) is 0 Å². The van der Waals surface area contributed by atoms with Crippen LogP contribution < -0.4 is 5.32 Å². The number of rotatable bonds is 5. The predicted molar refractivity (Wildman–Crippen MR) is 80.6 cm³/mol. The Morgan fingerprint density at radius 1 is 1.40 bits per heavy atom. The lowest BCUT2D eigenvalue weighted by Gasteiger charge is -2.19. The van der Waals surface area contributed by atoms with Crippen LogP contribution in [-0.2, 0) is 11.2 Å². The van der Waals surface area contributed by atoms with E-state index in [1.54, 1.807) is 0 Å². The minimum absolute atomic E-state index is 0.0137. The van der Waals surface area contributed by atoms with Gasteiger partial charge in [-0.15, -0.1) is 0 Å². The molecule has 2 aromatic rings. The number of aromatic nitrogens is 1. The number of aromatic amines is 1. The first-order valence-corrected chi connectivity index (χ1v) is 6.98. The average Bonchev–Trinajstić information content (AvgIpc) is 2.82. The SMILES string of the molecule is Cc1cccc2c(CC(=O)NC(C)C(C)CO)c[nH]c12. The number of nitrogens with one attached hydrogen (secondary N) is 2. The lowest BCUT2D eigenvalue weighted by molar-refractivity contribution is -0.121. The maximum atomic E-state index is 12.1. The molecule has 0 radical (unpaired) electrons. The van der Waals surface area contributed by atoms with Crippen LogP contribution in [0.25, 0.3) is 10.9 Å². The van der Waals surface area contributed by atoms with Gasteiger partial charge in [0.1, 0.15) is 0 Å². The second-order valence-corrected chi connectivity index (χ2v) is 5.50. The summed E-state index contributed by atoms with van der Waals surface area (Å²) in [4.78, 5) is 15.3. The molecule has 0 aliphatic rings. The number of amides is 1. The number of carbonyl (C=O) groups excluding carboxylic acids is 1. The molecule has 1 heterocycles. The number of benzene rings is 1. The van der Waals surface area contributed by atoms with Gasteiger partial charge in [-0.2, -0.15) is 0 Å². The van der Waals surface area contributed by atoms with Gasteiger partial charge in [0.15, 0.2) is 0 Å². The van der Waals surface area contributed by atoms with Crippen molar-refractivity contribution in [3.05, 3.63) is 35.5 Å². The highest BCUT2D eigenvalue weighted by Gasteiger charge is 2.15. The molecular weight excluding hydrogens is 252 g/mol. The van der Waals surface area contributed by atoms with Crippen molar-refractivity contribution in [3.63, 3.8) is 0 Å². The van der Waals surface area contributed by atoms with Crippen molar-refractivity contribution < 1.29 is 9.90 Å². The molecule has 108 valence electrons. The summed E-state index contributed by atoms with van der Waals surface area (Å²) in [5.74, 6) is 0.0457. The standard InChI is InChI=1S/C16H22N2O2/c1-10-5-4-6-14-13(8-17-16(10)14)7-15(20)18-12(3)11(2)9-19/h4-6,8,11-12,17,19H,7,9H2,1-3H3,(H,18,20).